The number of nitrogens with one attached hydrogen (secondary N) is 1. The van der Waals surface area contributed by atoms with Crippen molar-refractivity contribution in [1.29, 1.82) is 0 Å². The van der Waals surface area contributed by atoms with E-state index in [2.05, 4.69) is 21.7 Å². The second kappa shape index (κ2) is 8.12. The van der Waals surface area contributed by atoms with Crippen molar-refractivity contribution in [3.8, 4) is 11.3 Å². The zero-order chi connectivity index (χ0) is 16.8. The van der Waals surface area contributed by atoms with E-state index in [4.69, 9.17) is 4.52 Å². The molecule has 3 aromatic rings. The van der Waals surface area contributed by atoms with Crippen LogP contribution < -0.4 is 5.32 Å². The minimum atomic E-state index is -0.227. The Morgan fingerprint density at radius 1 is 1.33 bits per heavy atom. The maximum atomic E-state index is 12.1. The van der Waals surface area contributed by atoms with Crippen molar-refractivity contribution >= 4 is 29.0 Å². The summed E-state index contributed by atoms with van der Waals surface area (Å²) < 4.78 is 5.25. The zero-order valence-electron chi connectivity index (χ0n) is 13.2. The van der Waals surface area contributed by atoms with Crippen LogP contribution in [0, 0.1) is 0 Å². The van der Waals surface area contributed by atoms with Crippen LogP contribution in [0.4, 0.5) is 0 Å². The first-order valence-electron chi connectivity index (χ1n) is 7.49. The molecular weight excluding hydrogens is 342 g/mol. The van der Waals surface area contributed by atoms with Gasteiger partial charge in [0.2, 0.25) is 0 Å². The highest BCUT2D eigenvalue weighted by Gasteiger charge is 2.13. The van der Waals surface area contributed by atoms with Crippen molar-refractivity contribution in [3.63, 3.8) is 0 Å². The van der Waals surface area contributed by atoms with Crippen LogP contribution >= 0.6 is 23.1 Å². The van der Waals surface area contributed by atoms with E-state index in [1.165, 1.54) is 4.88 Å². The Hall–Kier alpha value is -2.12. The summed E-state index contributed by atoms with van der Waals surface area (Å²) in [6.45, 7) is 0.549. The third-order valence-electron chi connectivity index (χ3n) is 3.33. The molecule has 0 saturated carbocycles. The van der Waals surface area contributed by atoms with Crippen molar-refractivity contribution in [2.45, 2.75) is 12.2 Å². The molecule has 0 spiro atoms. The fourth-order valence-electron chi connectivity index (χ4n) is 2.16. The van der Waals surface area contributed by atoms with Crippen LogP contribution in [0.3, 0.4) is 0 Å². The van der Waals surface area contributed by atoms with Gasteiger partial charge < -0.3 is 9.84 Å². The van der Waals surface area contributed by atoms with Gasteiger partial charge in [-0.3, -0.25) is 4.79 Å². The predicted molar refractivity (Wildman–Crippen MR) is 97.3 cm³/mol. The summed E-state index contributed by atoms with van der Waals surface area (Å²) in [6, 6.07) is 11.2. The molecule has 0 fully saturated rings. The highest BCUT2D eigenvalue weighted by Crippen LogP contribution is 2.20. The summed E-state index contributed by atoms with van der Waals surface area (Å²) in [5, 5.41) is 7.83. The second-order valence-corrected chi connectivity index (χ2v) is 7.17. The van der Waals surface area contributed by atoms with E-state index in [0.717, 1.165) is 22.7 Å². The Morgan fingerprint density at radius 2 is 2.17 bits per heavy atom. The van der Waals surface area contributed by atoms with Crippen LogP contribution in [0.25, 0.3) is 11.3 Å². The lowest BCUT2D eigenvalue weighted by Gasteiger charge is -2.00. The standard InChI is InChI=1S/C17H17N3O2S2/c1-23-11-16-19-10-13(24-16)7-8-18-17(21)14-9-15(22-20-14)12-5-3-2-4-6-12/h2-6,9-10H,7-8,11H2,1H3,(H,18,21). The number of benzene rings is 1. The maximum Gasteiger partial charge on any atom is 0.273 e. The summed E-state index contributed by atoms with van der Waals surface area (Å²) in [4.78, 5) is 17.7. The van der Waals surface area contributed by atoms with E-state index >= 15 is 0 Å². The third kappa shape index (κ3) is 4.24. The lowest BCUT2D eigenvalue weighted by molar-refractivity contribution is 0.0945. The first kappa shape index (κ1) is 16.7. The molecule has 0 saturated heterocycles. The average Bonchev–Trinajstić information content (AvgIpc) is 3.26. The van der Waals surface area contributed by atoms with E-state index in [1.54, 1.807) is 29.2 Å². The van der Waals surface area contributed by atoms with Gasteiger partial charge in [0.25, 0.3) is 5.91 Å². The lowest BCUT2D eigenvalue weighted by Crippen LogP contribution is -2.25. The minimum Gasteiger partial charge on any atom is -0.355 e. The fourth-order valence-corrected chi connectivity index (χ4v) is 3.79. The lowest BCUT2D eigenvalue weighted by atomic mass is 10.1. The first-order chi connectivity index (χ1) is 11.8. The number of carbonyl (C=O) groups excluding carboxylic acids is 1. The van der Waals surface area contributed by atoms with E-state index < -0.39 is 0 Å². The van der Waals surface area contributed by atoms with Crippen molar-refractivity contribution in [1.82, 2.24) is 15.5 Å². The van der Waals surface area contributed by atoms with Gasteiger partial charge in [-0.15, -0.1) is 11.3 Å². The van der Waals surface area contributed by atoms with Gasteiger partial charge in [0, 0.05) is 41.4 Å². The van der Waals surface area contributed by atoms with Crippen LogP contribution in [-0.2, 0) is 12.2 Å². The molecule has 0 aliphatic heterocycles. The SMILES string of the molecule is CSCc1ncc(CCNC(=O)c2cc(-c3ccccc3)on2)s1. The number of rotatable bonds is 7. The maximum absolute atomic E-state index is 12.1. The molecule has 0 unspecified atom stereocenters. The molecule has 2 heterocycles. The topological polar surface area (TPSA) is 68.0 Å². The molecule has 0 aliphatic rings. The number of amides is 1. The van der Waals surface area contributed by atoms with Crippen molar-refractivity contribution in [3.05, 3.63) is 58.2 Å². The largest absolute Gasteiger partial charge is 0.355 e. The van der Waals surface area contributed by atoms with E-state index in [-0.39, 0.29) is 5.91 Å². The Bertz CT molecular complexity index is 799. The highest BCUT2D eigenvalue weighted by atomic mass is 32.2. The molecule has 2 aromatic heterocycles. The highest BCUT2D eigenvalue weighted by molar-refractivity contribution is 7.97. The van der Waals surface area contributed by atoms with Gasteiger partial charge >= 0.3 is 0 Å². The quantitative estimate of drug-likeness (QED) is 0.698. The number of thiazole rings is 1. The molecule has 3 rings (SSSR count). The average molecular weight is 359 g/mol. The number of aromatic nitrogens is 2. The summed E-state index contributed by atoms with van der Waals surface area (Å²) in [5.74, 6) is 1.29. The smallest absolute Gasteiger partial charge is 0.273 e. The van der Waals surface area contributed by atoms with Gasteiger partial charge in [0.05, 0.1) is 0 Å². The van der Waals surface area contributed by atoms with E-state index in [9.17, 15) is 4.79 Å². The first-order valence-corrected chi connectivity index (χ1v) is 9.70. The van der Waals surface area contributed by atoms with Crippen molar-refractivity contribution in [2.75, 3.05) is 12.8 Å². The molecule has 0 radical (unpaired) electrons. The molecule has 1 amide bonds. The van der Waals surface area contributed by atoms with Crippen LogP contribution in [0.1, 0.15) is 20.4 Å². The van der Waals surface area contributed by atoms with E-state index in [0.29, 0.717) is 18.0 Å². The van der Waals surface area contributed by atoms with Crippen LogP contribution in [0.2, 0.25) is 0 Å². The summed E-state index contributed by atoms with van der Waals surface area (Å²) in [6.07, 6.45) is 4.70. The monoisotopic (exact) mass is 359 g/mol. The molecule has 0 bridgehead atoms. The minimum absolute atomic E-state index is 0.227. The van der Waals surface area contributed by atoms with Crippen LogP contribution in [0.15, 0.2) is 47.1 Å². The Balaban J connectivity index is 1.53. The number of thioether (sulfide) groups is 1. The second-order valence-electron chi connectivity index (χ2n) is 5.10. The zero-order valence-corrected chi connectivity index (χ0v) is 14.8. The van der Waals surface area contributed by atoms with Crippen molar-refractivity contribution in [2.24, 2.45) is 0 Å². The molecule has 0 aliphatic carbocycles. The molecular formula is C17H17N3O2S2. The predicted octanol–water partition coefficient (Wildman–Crippen LogP) is 3.63. The molecule has 7 heteroatoms. The summed E-state index contributed by atoms with van der Waals surface area (Å²) in [5.41, 5.74) is 1.19. The van der Waals surface area contributed by atoms with Gasteiger partial charge in [-0.1, -0.05) is 35.5 Å². The van der Waals surface area contributed by atoms with Gasteiger partial charge in [-0.25, -0.2) is 4.98 Å². The molecule has 1 aromatic carbocycles. The molecule has 24 heavy (non-hydrogen) atoms. The number of carbonyl (C=O) groups is 1. The Morgan fingerprint density at radius 3 is 2.96 bits per heavy atom. The number of nitrogens with zero attached hydrogens (tertiary/aromatic N) is 2. The Kier molecular flexibility index (Phi) is 5.66. The fraction of sp³-hybridized carbons (Fsp3) is 0.235. The molecule has 0 atom stereocenters. The van der Waals surface area contributed by atoms with Gasteiger partial charge in [-0.05, 0) is 6.26 Å². The molecule has 5 nitrogen and oxygen atoms in total. The van der Waals surface area contributed by atoms with E-state index in [1.807, 2.05) is 36.5 Å². The summed E-state index contributed by atoms with van der Waals surface area (Å²) in [7, 11) is 0. The molecule has 124 valence electrons. The number of hydrogen-bond donors (Lipinski definition) is 1. The molecule has 1 N–H and O–H groups in total. The summed E-state index contributed by atoms with van der Waals surface area (Å²) >= 11 is 3.44. The van der Waals surface area contributed by atoms with Gasteiger partial charge in [-0.2, -0.15) is 11.8 Å². The normalized spacial score (nSPS) is 10.7. The van der Waals surface area contributed by atoms with Crippen molar-refractivity contribution < 1.29 is 9.32 Å². The third-order valence-corrected chi connectivity index (χ3v) is 5.13. The number of hydrogen-bond acceptors (Lipinski definition) is 6. The van der Waals surface area contributed by atoms with Gasteiger partial charge in [0.15, 0.2) is 11.5 Å². The Labute approximate surface area is 148 Å². The van der Waals surface area contributed by atoms with Crippen LogP contribution in [-0.4, -0.2) is 28.8 Å². The van der Waals surface area contributed by atoms with Crippen LogP contribution in [0.5, 0.6) is 0 Å². The van der Waals surface area contributed by atoms with Gasteiger partial charge in [0.1, 0.15) is 5.01 Å².